The van der Waals surface area contributed by atoms with Crippen molar-refractivity contribution in [3.8, 4) is 0 Å². The van der Waals surface area contributed by atoms with Gasteiger partial charge in [0, 0.05) is 25.2 Å². The first-order chi connectivity index (χ1) is 13.5. The third kappa shape index (κ3) is 4.95. The Morgan fingerprint density at radius 1 is 0.655 bits per heavy atom. The average Bonchev–Trinajstić information content (AvgIpc) is 2.98. The number of para-hydroxylation sites is 1. The summed E-state index contributed by atoms with van der Waals surface area (Å²) in [5, 5.41) is 2.73. The van der Waals surface area contributed by atoms with Crippen LogP contribution in [0, 0.1) is 0 Å². The molecule has 4 rings (SSSR count). The summed E-state index contributed by atoms with van der Waals surface area (Å²) in [5.74, 6) is 0. The maximum atomic E-state index is 3.67. The van der Waals surface area contributed by atoms with Gasteiger partial charge in [0.15, 0.2) is 0 Å². The van der Waals surface area contributed by atoms with Crippen LogP contribution in [0.5, 0.6) is 0 Å². The molecule has 1 aromatic heterocycles. The molecule has 0 saturated heterocycles. The Bertz CT molecular complexity index is 1120. The van der Waals surface area contributed by atoms with Gasteiger partial charge in [-0.05, 0) is 46.2 Å². The lowest BCUT2D eigenvalue weighted by molar-refractivity contribution is 0.595. The summed E-state index contributed by atoms with van der Waals surface area (Å²) < 4.78 is 2.21. The minimum Gasteiger partial charge on any atom is -0.354 e. The molecule has 4 aromatic rings. The minimum absolute atomic E-state index is 0.141. The van der Waals surface area contributed by atoms with Crippen LogP contribution in [0.1, 0.15) is 52.7 Å². The van der Waals surface area contributed by atoms with Crippen molar-refractivity contribution in [2.45, 2.75) is 52.4 Å². The molecule has 152 valence electrons. The fraction of sp³-hybridized carbons (Fsp3) is 0.308. The Morgan fingerprint density at radius 3 is 1.69 bits per heavy atom. The van der Waals surface area contributed by atoms with Gasteiger partial charge in [-0.3, -0.25) is 0 Å². The number of halogens is 2. The summed E-state index contributed by atoms with van der Waals surface area (Å²) in [5.41, 5.74) is 5.62. The zero-order valence-corrected chi connectivity index (χ0v) is 21.2. The number of hydrogen-bond acceptors (Lipinski definition) is 0. The summed E-state index contributed by atoms with van der Waals surface area (Å²) in [6.45, 7) is 13.7. The molecular weight excluding hydrogens is 486 g/mol. The normalized spacial score (nSPS) is 12.1. The van der Waals surface area contributed by atoms with Crippen molar-refractivity contribution in [3.05, 3.63) is 80.7 Å². The Kier molecular flexibility index (Phi) is 6.31. The number of aromatic amines is 1. The molecule has 29 heavy (non-hydrogen) atoms. The lowest BCUT2D eigenvalue weighted by Gasteiger charge is -2.21. The standard InChI is InChI=1S/C20H25N.C6H4Br2/c1-19(2,3)14-10-8-12-16-17(14)13-9-7-11-15(18(13)21-16)20(4,5)6;7-5-2-1-3-6(8)4-5/h7-12,21H,1-6H3;1-4H. The van der Waals surface area contributed by atoms with E-state index in [0.717, 1.165) is 8.95 Å². The second-order valence-corrected chi connectivity index (χ2v) is 11.4. The highest BCUT2D eigenvalue weighted by molar-refractivity contribution is 9.11. The van der Waals surface area contributed by atoms with Gasteiger partial charge in [0.1, 0.15) is 0 Å². The third-order valence-corrected chi connectivity index (χ3v) is 6.05. The molecule has 0 aliphatic rings. The predicted molar refractivity (Wildman–Crippen MR) is 135 cm³/mol. The van der Waals surface area contributed by atoms with Gasteiger partial charge in [-0.25, -0.2) is 0 Å². The molecular formula is C26H29Br2N. The third-order valence-electron chi connectivity index (χ3n) is 5.06. The summed E-state index contributed by atoms with van der Waals surface area (Å²) in [6, 6.07) is 21.3. The number of aromatic nitrogens is 1. The monoisotopic (exact) mass is 513 g/mol. The molecule has 0 radical (unpaired) electrons. The topological polar surface area (TPSA) is 15.8 Å². The molecule has 0 atom stereocenters. The number of nitrogens with one attached hydrogen (secondary N) is 1. The van der Waals surface area contributed by atoms with Gasteiger partial charge >= 0.3 is 0 Å². The van der Waals surface area contributed by atoms with E-state index in [-0.39, 0.29) is 10.8 Å². The molecule has 0 unspecified atom stereocenters. The first-order valence-electron chi connectivity index (χ1n) is 9.94. The van der Waals surface area contributed by atoms with Crippen molar-refractivity contribution in [1.82, 2.24) is 4.98 Å². The SMILES string of the molecule is Brc1cccc(Br)c1.CC(C)(C)c1cccc2c1[nH]c1cccc(C(C)(C)C)c12. The van der Waals surface area contributed by atoms with Crippen LogP contribution >= 0.6 is 31.9 Å². The van der Waals surface area contributed by atoms with Gasteiger partial charge in [-0.15, -0.1) is 0 Å². The lowest BCUT2D eigenvalue weighted by Crippen LogP contribution is -2.12. The second-order valence-electron chi connectivity index (χ2n) is 9.52. The Hall–Kier alpha value is -1.58. The van der Waals surface area contributed by atoms with E-state index < -0.39 is 0 Å². The van der Waals surface area contributed by atoms with Crippen LogP contribution in [0.3, 0.4) is 0 Å². The maximum Gasteiger partial charge on any atom is 0.0502 e. The van der Waals surface area contributed by atoms with E-state index in [4.69, 9.17) is 0 Å². The summed E-state index contributed by atoms with van der Waals surface area (Å²) in [6.07, 6.45) is 0. The number of hydrogen-bond donors (Lipinski definition) is 1. The fourth-order valence-electron chi connectivity index (χ4n) is 3.69. The highest BCUT2D eigenvalue weighted by Gasteiger charge is 2.22. The summed E-state index contributed by atoms with van der Waals surface area (Å²) in [4.78, 5) is 3.67. The lowest BCUT2D eigenvalue weighted by atomic mass is 9.83. The van der Waals surface area contributed by atoms with Gasteiger partial charge in [0.2, 0.25) is 0 Å². The Labute approximate surface area is 191 Å². The molecule has 3 heteroatoms. The molecule has 0 saturated carbocycles. The van der Waals surface area contributed by atoms with E-state index in [2.05, 4.69) is 115 Å². The first kappa shape index (κ1) is 22.1. The number of benzene rings is 3. The van der Waals surface area contributed by atoms with Crippen molar-refractivity contribution in [2.24, 2.45) is 0 Å². The Morgan fingerprint density at radius 2 is 1.17 bits per heavy atom. The first-order valence-corrected chi connectivity index (χ1v) is 11.5. The molecule has 0 aliphatic carbocycles. The van der Waals surface area contributed by atoms with E-state index in [0.29, 0.717) is 0 Å². The van der Waals surface area contributed by atoms with Crippen molar-refractivity contribution < 1.29 is 0 Å². The number of H-pyrrole nitrogens is 1. The average molecular weight is 515 g/mol. The summed E-state index contributed by atoms with van der Waals surface area (Å²) in [7, 11) is 0. The fourth-order valence-corrected chi connectivity index (χ4v) is 4.79. The molecule has 1 N–H and O–H groups in total. The molecule has 0 spiro atoms. The molecule has 0 aliphatic heterocycles. The van der Waals surface area contributed by atoms with E-state index in [1.807, 2.05) is 24.3 Å². The quantitative estimate of drug-likeness (QED) is 0.240. The van der Waals surface area contributed by atoms with Crippen molar-refractivity contribution in [3.63, 3.8) is 0 Å². The zero-order chi connectivity index (χ0) is 21.4. The minimum atomic E-state index is 0.141. The van der Waals surface area contributed by atoms with E-state index >= 15 is 0 Å². The van der Waals surface area contributed by atoms with Gasteiger partial charge in [-0.2, -0.15) is 0 Å². The number of rotatable bonds is 0. The van der Waals surface area contributed by atoms with Crippen LogP contribution in [0.2, 0.25) is 0 Å². The van der Waals surface area contributed by atoms with Crippen molar-refractivity contribution in [1.29, 1.82) is 0 Å². The van der Waals surface area contributed by atoms with Crippen LogP contribution in [-0.2, 0) is 10.8 Å². The molecule has 0 bridgehead atoms. The second kappa shape index (κ2) is 8.28. The van der Waals surface area contributed by atoms with E-state index in [9.17, 15) is 0 Å². The smallest absolute Gasteiger partial charge is 0.0502 e. The van der Waals surface area contributed by atoms with Gasteiger partial charge < -0.3 is 4.98 Å². The van der Waals surface area contributed by atoms with Crippen molar-refractivity contribution in [2.75, 3.05) is 0 Å². The van der Waals surface area contributed by atoms with Crippen LogP contribution in [0.25, 0.3) is 21.8 Å². The predicted octanol–water partition coefficient (Wildman–Crippen LogP) is 9.13. The highest BCUT2D eigenvalue weighted by atomic mass is 79.9. The van der Waals surface area contributed by atoms with Crippen LogP contribution in [0.15, 0.2) is 69.6 Å². The molecule has 0 fully saturated rings. The van der Waals surface area contributed by atoms with Gasteiger partial charge in [-0.1, -0.05) is 110 Å². The maximum absolute atomic E-state index is 3.67. The molecule has 0 amide bonds. The van der Waals surface area contributed by atoms with E-state index in [1.54, 1.807) is 0 Å². The van der Waals surface area contributed by atoms with Crippen LogP contribution in [-0.4, -0.2) is 4.98 Å². The molecule has 1 heterocycles. The van der Waals surface area contributed by atoms with Crippen molar-refractivity contribution >= 4 is 53.7 Å². The molecule has 1 nitrogen and oxygen atoms in total. The zero-order valence-electron chi connectivity index (χ0n) is 18.0. The van der Waals surface area contributed by atoms with Crippen LogP contribution < -0.4 is 0 Å². The largest absolute Gasteiger partial charge is 0.354 e. The van der Waals surface area contributed by atoms with Gasteiger partial charge in [0.05, 0.1) is 5.52 Å². The molecule has 3 aromatic carbocycles. The highest BCUT2D eigenvalue weighted by Crippen LogP contribution is 2.38. The van der Waals surface area contributed by atoms with E-state index in [1.165, 1.54) is 32.9 Å². The number of fused-ring (bicyclic) bond motifs is 3. The van der Waals surface area contributed by atoms with Gasteiger partial charge in [0.25, 0.3) is 0 Å². The Balaban J connectivity index is 0.000000252. The summed E-state index contributed by atoms with van der Waals surface area (Å²) >= 11 is 6.66. The van der Waals surface area contributed by atoms with Crippen LogP contribution in [0.4, 0.5) is 0 Å².